The van der Waals surface area contributed by atoms with Crippen LogP contribution in [0.25, 0.3) is 0 Å². The zero-order valence-electron chi connectivity index (χ0n) is 12.0. The van der Waals surface area contributed by atoms with Crippen LogP contribution in [0.3, 0.4) is 0 Å². The van der Waals surface area contributed by atoms with Crippen molar-refractivity contribution < 1.29 is 37.1 Å². The molecule has 24 heavy (non-hydrogen) atoms. The Hall–Kier alpha value is -2.70. The van der Waals surface area contributed by atoms with E-state index in [9.17, 15) is 32.3 Å². The van der Waals surface area contributed by atoms with Crippen molar-refractivity contribution in [1.82, 2.24) is 15.6 Å². The predicted molar refractivity (Wildman–Crippen MR) is 74.3 cm³/mol. The molecular formula is C11H11F3N4O5S. The van der Waals surface area contributed by atoms with Gasteiger partial charge in [-0.25, -0.2) is 14.6 Å². The topological polar surface area (TPSA) is 126 Å². The number of amides is 4. The highest BCUT2D eigenvalue weighted by Crippen LogP contribution is 2.15. The van der Waals surface area contributed by atoms with Gasteiger partial charge in [-0.05, 0) is 0 Å². The zero-order valence-corrected chi connectivity index (χ0v) is 12.8. The van der Waals surface area contributed by atoms with Gasteiger partial charge >= 0.3 is 18.2 Å². The molecule has 0 aliphatic heterocycles. The molecule has 0 unspecified atom stereocenters. The predicted octanol–water partition coefficient (Wildman–Crippen LogP) is 0.646. The smallest absolute Gasteiger partial charge is 0.405 e. The van der Waals surface area contributed by atoms with Crippen LogP contribution in [0, 0.1) is 0 Å². The summed E-state index contributed by atoms with van der Waals surface area (Å²) in [5, 5.41) is 6.70. The molecule has 0 radical (unpaired) electrons. The summed E-state index contributed by atoms with van der Waals surface area (Å²) in [6, 6.07) is -1.38. The third-order valence-corrected chi connectivity index (χ3v) is 2.79. The average molecular weight is 368 g/mol. The largest absolute Gasteiger partial charge is 0.451 e. The van der Waals surface area contributed by atoms with Gasteiger partial charge in [0.15, 0.2) is 17.4 Å². The Labute approximate surface area is 136 Å². The molecule has 3 N–H and O–H groups in total. The normalized spacial score (nSPS) is 10.7. The lowest BCUT2D eigenvalue weighted by atomic mass is 10.5. The summed E-state index contributed by atoms with van der Waals surface area (Å²) in [4.78, 5) is 48.3. The standard InChI is InChI=1S/C11H11F3N4O5S/c1-5(19)16-10-17-6(3-24-10)8(21)23-2-7(20)18-9(22)15-4-11(12,13)14/h3H,2,4H2,1H3,(H,16,17,19)(H2,15,18,20,22). The van der Waals surface area contributed by atoms with E-state index in [-0.39, 0.29) is 10.8 Å². The fourth-order valence-corrected chi connectivity index (χ4v) is 1.89. The van der Waals surface area contributed by atoms with Crippen molar-refractivity contribution >= 4 is 40.3 Å². The molecule has 1 aromatic heterocycles. The van der Waals surface area contributed by atoms with E-state index in [1.807, 2.05) is 0 Å². The number of alkyl halides is 3. The van der Waals surface area contributed by atoms with Crippen LogP contribution in [0.15, 0.2) is 5.38 Å². The molecule has 1 rings (SSSR count). The van der Waals surface area contributed by atoms with Gasteiger partial charge in [-0.1, -0.05) is 0 Å². The van der Waals surface area contributed by atoms with Gasteiger partial charge < -0.3 is 15.4 Å². The summed E-state index contributed by atoms with van der Waals surface area (Å²) < 4.78 is 40.1. The summed E-state index contributed by atoms with van der Waals surface area (Å²) in [6.45, 7) is -1.27. The molecule has 0 saturated carbocycles. The summed E-state index contributed by atoms with van der Waals surface area (Å²) in [5.41, 5.74) is -0.182. The number of aromatic nitrogens is 1. The zero-order chi connectivity index (χ0) is 18.3. The third-order valence-electron chi connectivity index (χ3n) is 2.03. The third kappa shape index (κ3) is 7.53. The number of carbonyl (C=O) groups excluding carboxylic acids is 4. The van der Waals surface area contributed by atoms with E-state index in [1.54, 1.807) is 5.32 Å². The lowest BCUT2D eigenvalue weighted by molar-refractivity contribution is -0.125. The Balaban J connectivity index is 2.38. The molecule has 0 aromatic carbocycles. The number of nitrogens with zero attached hydrogens (tertiary/aromatic N) is 1. The minimum absolute atomic E-state index is 0.144. The maximum atomic E-state index is 11.8. The van der Waals surface area contributed by atoms with Crippen molar-refractivity contribution in [3.63, 3.8) is 0 Å². The first kappa shape index (κ1) is 19.3. The van der Waals surface area contributed by atoms with E-state index in [0.29, 0.717) is 0 Å². The van der Waals surface area contributed by atoms with Crippen molar-refractivity contribution in [3.8, 4) is 0 Å². The van der Waals surface area contributed by atoms with Crippen molar-refractivity contribution in [3.05, 3.63) is 11.1 Å². The number of hydrogen-bond donors (Lipinski definition) is 3. The quantitative estimate of drug-likeness (QED) is 0.655. The van der Waals surface area contributed by atoms with Crippen LogP contribution in [0.1, 0.15) is 17.4 Å². The number of imide groups is 1. The lowest BCUT2D eigenvalue weighted by Crippen LogP contribution is -2.44. The van der Waals surface area contributed by atoms with E-state index in [4.69, 9.17) is 0 Å². The molecule has 0 atom stereocenters. The molecule has 0 spiro atoms. The van der Waals surface area contributed by atoms with Gasteiger partial charge in [-0.15, -0.1) is 11.3 Å². The van der Waals surface area contributed by atoms with Crippen LogP contribution >= 0.6 is 11.3 Å². The first-order valence-corrected chi connectivity index (χ1v) is 6.99. The molecule has 1 aromatic rings. The second kappa shape index (κ2) is 8.24. The van der Waals surface area contributed by atoms with Crippen LogP contribution in [0.2, 0.25) is 0 Å². The Bertz CT molecular complexity index is 646. The average Bonchev–Trinajstić information content (AvgIpc) is 2.89. The molecule has 0 bridgehead atoms. The second-order valence-electron chi connectivity index (χ2n) is 4.14. The number of nitrogens with one attached hydrogen (secondary N) is 3. The van der Waals surface area contributed by atoms with E-state index in [2.05, 4.69) is 15.0 Å². The first-order valence-electron chi connectivity index (χ1n) is 6.11. The van der Waals surface area contributed by atoms with Crippen LogP contribution in [0.4, 0.5) is 23.1 Å². The number of carbonyl (C=O) groups is 4. The first-order chi connectivity index (χ1) is 11.1. The molecule has 132 valence electrons. The molecule has 9 nitrogen and oxygen atoms in total. The maximum Gasteiger partial charge on any atom is 0.405 e. The van der Waals surface area contributed by atoms with E-state index in [1.165, 1.54) is 17.6 Å². The molecule has 0 aliphatic carbocycles. The second-order valence-corrected chi connectivity index (χ2v) is 5.00. The van der Waals surface area contributed by atoms with E-state index < -0.39 is 43.1 Å². The molecular weight excluding hydrogens is 357 g/mol. The monoisotopic (exact) mass is 368 g/mol. The fraction of sp³-hybridized carbons (Fsp3) is 0.364. The van der Waals surface area contributed by atoms with Gasteiger partial charge in [0.25, 0.3) is 5.91 Å². The minimum Gasteiger partial charge on any atom is -0.451 e. The fourth-order valence-electron chi connectivity index (χ4n) is 1.17. The number of ether oxygens (including phenoxy) is 1. The number of thiazole rings is 1. The number of anilines is 1. The van der Waals surface area contributed by atoms with Gasteiger partial charge in [0.2, 0.25) is 5.91 Å². The van der Waals surface area contributed by atoms with Crippen LogP contribution in [-0.4, -0.2) is 48.1 Å². The Morgan fingerprint density at radius 2 is 1.96 bits per heavy atom. The summed E-state index contributed by atoms with van der Waals surface area (Å²) in [7, 11) is 0. The molecule has 0 aliphatic rings. The van der Waals surface area contributed by atoms with Gasteiger partial charge in [-0.3, -0.25) is 14.9 Å². The molecule has 0 fully saturated rings. The Morgan fingerprint density at radius 3 is 2.54 bits per heavy atom. The SMILES string of the molecule is CC(=O)Nc1nc(C(=O)OCC(=O)NC(=O)NCC(F)(F)F)cs1. The number of rotatable bonds is 5. The number of hydrogen-bond acceptors (Lipinski definition) is 7. The Morgan fingerprint density at radius 1 is 1.29 bits per heavy atom. The Kier molecular flexibility index (Phi) is 6.64. The van der Waals surface area contributed by atoms with Gasteiger partial charge in [-0.2, -0.15) is 13.2 Å². The highest BCUT2D eigenvalue weighted by atomic mass is 32.1. The van der Waals surface area contributed by atoms with Gasteiger partial charge in [0.1, 0.15) is 6.54 Å². The molecule has 13 heteroatoms. The van der Waals surface area contributed by atoms with Gasteiger partial charge in [0.05, 0.1) is 0 Å². The van der Waals surface area contributed by atoms with E-state index >= 15 is 0 Å². The lowest BCUT2D eigenvalue weighted by Gasteiger charge is -2.09. The highest BCUT2D eigenvalue weighted by Gasteiger charge is 2.28. The number of halogens is 3. The van der Waals surface area contributed by atoms with E-state index in [0.717, 1.165) is 11.3 Å². The van der Waals surface area contributed by atoms with Crippen LogP contribution in [0.5, 0.6) is 0 Å². The van der Waals surface area contributed by atoms with Crippen LogP contribution in [-0.2, 0) is 14.3 Å². The highest BCUT2D eigenvalue weighted by molar-refractivity contribution is 7.14. The van der Waals surface area contributed by atoms with Crippen molar-refractivity contribution in [2.45, 2.75) is 13.1 Å². The molecule has 1 heterocycles. The molecule has 0 saturated heterocycles. The summed E-state index contributed by atoms with van der Waals surface area (Å²) in [6.07, 6.45) is -4.62. The maximum absolute atomic E-state index is 11.8. The summed E-state index contributed by atoms with van der Waals surface area (Å²) in [5.74, 6) is -2.53. The van der Waals surface area contributed by atoms with Crippen LogP contribution < -0.4 is 16.0 Å². The van der Waals surface area contributed by atoms with Crippen molar-refractivity contribution in [2.24, 2.45) is 0 Å². The molecule has 4 amide bonds. The van der Waals surface area contributed by atoms with Crippen molar-refractivity contribution in [2.75, 3.05) is 18.5 Å². The number of urea groups is 1. The van der Waals surface area contributed by atoms with Crippen molar-refractivity contribution in [1.29, 1.82) is 0 Å². The minimum atomic E-state index is -4.62. The summed E-state index contributed by atoms with van der Waals surface area (Å²) >= 11 is 0.945. The number of esters is 1. The van der Waals surface area contributed by atoms with Gasteiger partial charge in [0, 0.05) is 12.3 Å².